The summed E-state index contributed by atoms with van der Waals surface area (Å²) in [6.45, 7) is 1.97. The zero-order chi connectivity index (χ0) is 11.0. The Bertz CT molecular complexity index is 324. The number of unbranched alkanes of at least 4 members (excludes halogenated alkanes) is 1. The molecule has 0 radical (unpaired) electrons. The lowest BCUT2D eigenvalue weighted by atomic mass is 10.2. The summed E-state index contributed by atoms with van der Waals surface area (Å²) in [5, 5.41) is 19.4. The highest BCUT2D eigenvalue weighted by molar-refractivity contribution is 5.78. The Morgan fingerprint density at radius 3 is 2.40 bits per heavy atom. The molecular weight excluding hydrogens is 216 g/mol. The SMILES string of the molecule is CCCCC(=O)N/C(C#N)=C(\[NH3+])C#N.[Cl-]. The van der Waals surface area contributed by atoms with E-state index in [4.69, 9.17) is 10.5 Å². The third-order valence-electron chi connectivity index (χ3n) is 1.57. The van der Waals surface area contributed by atoms with Gasteiger partial charge in [0.1, 0.15) is 6.07 Å². The standard InChI is InChI=1S/C9H12N4O.ClH/c1-2-3-4-9(14)13-8(6-11)7(12)5-10;/h2-4,12H2,1H3,(H,13,14);1H/b8-7-;. The lowest BCUT2D eigenvalue weighted by molar-refractivity contribution is -0.294. The molecule has 0 unspecified atom stereocenters. The molecule has 4 N–H and O–H groups in total. The van der Waals surface area contributed by atoms with Crippen LogP contribution in [0.1, 0.15) is 26.2 Å². The molecule has 0 bridgehead atoms. The average molecular weight is 229 g/mol. The van der Waals surface area contributed by atoms with Crippen molar-refractivity contribution in [2.24, 2.45) is 0 Å². The maximum absolute atomic E-state index is 11.2. The second kappa shape index (κ2) is 9.01. The van der Waals surface area contributed by atoms with Gasteiger partial charge in [-0.05, 0) is 6.42 Å². The summed E-state index contributed by atoms with van der Waals surface area (Å²) in [5.74, 6) is -0.250. The topological polar surface area (TPSA) is 104 Å². The largest absolute Gasteiger partial charge is 1.00 e. The highest BCUT2D eigenvalue weighted by Crippen LogP contribution is 1.96. The Labute approximate surface area is 95.0 Å². The van der Waals surface area contributed by atoms with Crippen molar-refractivity contribution in [2.45, 2.75) is 26.2 Å². The van der Waals surface area contributed by atoms with E-state index in [0.717, 1.165) is 12.8 Å². The molecule has 5 nitrogen and oxygen atoms in total. The summed E-state index contributed by atoms with van der Waals surface area (Å²) in [6.07, 6.45) is 2.04. The molecule has 1 amide bonds. The van der Waals surface area contributed by atoms with Crippen molar-refractivity contribution < 1.29 is 22.9 Å². The van der Waals surface area contributed by atoms with Crippen molar-refractivity contribution in [3.63, 3.8) is 0 Å². The van der Waals surface area contributed by atoms with Gasteiger partial charge in [-0.1, -0.05) is 13.3 Å². The van der Waals surface area contributed by atoms with Crippen molar-refractivity contribution in [1.82, 2.24) is 5.32 Å². The van der Waals surface area contributed by atoms with Crippen LogP contribution in [0.15, 0.2) is 11.4 Å². The zero-order valence-corrected chi connectivity index (χ0v) is 9.26. The molecule has 0 saturated carbocycles. The fourth-order valence-electron chi connectivity index (χ4n) is 0.766. The molecule has 0 rings (SSSR count). The third-order valence-corrected chi connectivity index (χ3v) is 1.57. The molecule has 6 heteroatoms. The van der Waals surface area contributed by atoms with Crippen LogP contribution in [0.2, 0.25) is 0 Å². The fourth-order valence-corrected chi connectivity index (χ4v) is 0.766. The molecule has 0 aromatic rings. The number of nitriles is 2. The maximum atomic E-state index is 11.2. The number of hydrogen-bond donors (Lipinski definition) is 2. The molecule has 0 heterocycles. The summed E-state index contributed by atoms with van der Waals surface area (Å²) in [5.41, 5.74) is 3.26. The van der Waals surface area contributed by atoms with Crippen LogP contribution in [0.5, 0.6) is 0 Å². The Hall–Kier alpha value is -1.56. The molecule has 82 valence electrons. The smallest absolute Gasteiger partial charge is 0.240 e. The third kappa shape index (κ3) is 6.50. The molecular formula is C9H13ClN4O. The first-order valence-corrected chi connectivity index (χ1v) is 4.32. The van der Waals surface area contributed by atoms with Gasteiger partial charge in [0, 0.05) is 6.42 Å². The first-order chi connectivity index (χ1) is 6.65. The predicted octanol–water partition coefficient (Wildman–Crippen LogP) is -3.20. The van der Waals surface area contributed by atoms with Crippen LogP contribution in [0.4, 0.5) is 0 Å². The van der Waals surface area contributed by atoms with Crippen molar-refractivity contribution >= 4 is 5.91 Å². The highest BCUT2D eigenvalue weighted by atomic mass is 35.5. The minimum absolute atomic E-state index is 0. The number of rotatable bonds is 4. The van der Waals surface area contributed by atoms with E-state index in [1.54, 1.807) is 12.1 Å². The number of carbonyl (C=O) groups is 1. The second-order valence-corrected chi connectivity index (χ2v) is 2.73. The van der Waals surface area contributed by atoms with E-state index in [1.807, 2.05) is 6.92 Å². The van der Waals surface area contributed by atoms with Crippen LogP contribution in [0.25, 0.3) is 0 Å². The van der Waals surface area contributed by atoms with Crippen LogP contribution in [0.3, 0.4) is 0 Å². The molecule has 0 aromatic carbocycles. The Balaban J connectivity index is 0. The normalized spacial score (nSPS) is 10.1. The lowest BCUT2D eigenvalue weighted by Crippen LogP contribution is -3.00. The molecule has 0 aliphatic heterocycles. The van der Waals surface area contributed by atoms with Gasteiger partial charge in [0.25, 0.3) is 0 Å². The molecule has 0 atom stereocenters. The Morgan fingerprint density at radius 2 is 2.00 bits per heavy atom. The van der Waals surface area contributed by atoms with E-state index in [9.17, 15) is 4.79 Å². The van der Waals surface area contributed by atoms with Crippen molar-refractivity contribution in [1.29, 1.82) is 10.5 Å². The van der Waals surface area contributed by atoms with Gasteiger partial charge in [0.05, 0.1) is 0 Å². The molecule has 15 heavy (non-hydrogen) atoms. The molecule has 0 fully saturated rings. The van der Waals surface area contributed by atoms with Gasteiger partial charge in [-0.3, -0.25) is 4.79 Å². The first-order valence-electron chi connectivity index (χ1n) is 4.32. The molecule has 0 spiro atoms. The van der Waals surface area contributed by atoms with E-state index >= 15 is 0 Å². The van der Waals surface area contributed by atoms with Crippen LogP contribution in [0, 0.1) is 22.7 Å². The Kier molecular flexibility index (Phi) is 9.55. The highest BCUT2D eigenvalue weighted by Gasteiger charge is 2.09. The van der Waals surface area contributed by atoms with Gasteiger partial charge >= 0.3 is 0 Å². The number of nitrogens with one attached hydrogen (secondary N) is 1. The van der Waals surface area contributed by atoms with Gasteiger partial charge < -0.3 is 23.5 Å². The van der Waals surface area contributed by atoms with Crippen LogP contribution in [-0.4, -0.2) is 5.91 Å². The molecule has 0 aromatic heterocycles. The zero-order valence-electron chi connectivity index (χ0n) is 8.51. The first kappa shape index (κ1) is 15.9. The number of halogens is 1. The van der Waals surface area contributed by atoms with Crippen LogP contribution in [-0.2, 0) is 4.79 Å². The van der Waals surface area contributed by atoms with Crippen molar-refractivity contribution in [3.05, 3.63) is 11.4 Å². The summed E-state index contributed by atoms with van der Waals surface area (Å²) in [4.78, 5) is 11.2. The summed E-state index contributed by atoms with van der Waals surface area (Å²) >= 11 is 0. The number of amides is 1. The maximum Gasteiger partial charge on any atom is 0.240 e. The quantitative estimate of drug-likeness (QED) is 0.495. The number of allylic oxidation sites excluding steroid dienone is 2. The van der Waals surface area contributed by atoms with E-state index in [0.29, 0.717) is 6.42 Å². The number of quaternary nitrogens is 1. The minimum atomic E-state index is -0.250. The van der Waals surface area contributed by atoms with Gasteiger partial charge in [-0.25, -0.2) is 0 Å². The number of carbonyl (C=O) groups excluding carboxylic acids is 1. The van der Waals surface area contributed by atoms with E-state index in [2.05, 4.69) is 11.1 Å². The monoisotopic (exact) mass is 228 g/mol. The van der Waals surface area contributed by atoms with E-state index < -0.39 is 0 Å². The van der Waals surface area contributed by atoms with Crippen LogP contribution >= 0.6 is 0 Å². The second-order valence-electron chi connectivity index (χ2n) is 2.73. The molecule has 0 aliphatic rings. The minimum Gasteiger partial charge on any atom is -1.00 e. The van der Waals surface area contributed by atoms with Gasteiger partial charge in [0.15, 0.2) is 11.8 Å². The fraction of sp³-hybridized carbons (Fsp3) is 0.444. The summed E-state index contributed by atoms with van der Waals surface area (Å²) in [7, 11) is 0. The average Bonchev–Trinajstić information content (AvgIpc) is 2.21. The summed E-state index contributed by atoms with van der Waals surface area (Å²) in [6, 6.07) is 3.43. The van der Waals surface area contributed by atoms with Gasteiger partial charge in [-0.2, -0.15) is 10.5 Å². The number of nitrogens with zero attached hydrogens (tertiary/aromatic N) is 2. The van der Waals surface area contributed by atoms with E-state index in [1.165, 1.54) is 0 Å². The number of hydrogen-bond acceptors (Lipinski definition) is 3. The summed E-state index contributed by atoms with van der Waals surface area (Å²) < 4.78 is 0. The van der Waals surface area contributed by atoms with Crippen LogP contribution < -0.4 is 23.5 Å². The predicted molar refractivity (Wildman–Crippen MR) is 48.8 cm³/mol. The van der Waals surface area contributed by atoms with Gasteiger partial charge in [0.2, 0.25) is 11.6 Å². The Morgan fingerprint density at radius 1 is 1.40 bits per heavy atom. The lowest BCUT2D eigenvalue weighted by Gasteiger charge is -2.00. The van der Waals surface area contributed by atoms with Gasteiger partial charge in [-0.15, -0.1) is 0 Å². The van der Waals surface area contributed by atoms with Crippen molar-refractivity contribution in [2.75, 3.05) is 0 Å². The van der Waals surface area contributed by atoms with Crippen molar-refractivity contribution in [3.8, 4) is 12.1 Å². The molecule has 0 aliphatic carbocycles. The molecule has 0 saturated heterocycles. The van der Waals surface area contributed by atoms with E-state index in [-0.39, 0.29) is 29.7 Å².